The molecule has 3 nitrogen and oxygen atoms in total. The van der Waals surface area contributed by atoms with Gasteiger partial charge in [0.05, 0.1) is 6.04 Å². The number of benzene rings is 1. The molecule has 1 aromatic heterocycles. The average molecular weight is 288 g/mol. The zero-order valence-corrected chi connectivity index (χ0v) is 11.4. The first-order valence-electron chi connectivity index (χ1n) is 6.40. The van der Waals surface area contributed by atoms with Crippen LogP contribution in [-0.4, -0.2) is 10.9 Å². The van der Waals surface area contributed by atoms with Crippen LogP contribution in [0.1, 0.15) is 24.1 Å². The topological polar surface area (TPSA) is 42.0 Å². The third-order valence-electron chi connectivity index (χ3n) is 2.91. The van der Waals surface area contributed by atoms with E-state index in [0.29, 0.717) is 5.56 Å². The summed E-state index contributed by atoms with van der Waals surface area (Å²) in [5.41, 5.74) is 1.30. The van der Waals surface area contributed by atoms with Gasteiger partial charge in [-0.05, 0) is 42.3 Å². The molecule has 5 heteroatoms. The summed E-state index contributed by atoms with van der Waals surface area (Å²) < 4.78 is 26.0. The summed E-state index contributed by atoms with van der Waals surface area (Å²) in [6.45, 7) is 1.70. The van der Waals surface area contributed by atoms with Crippen LogP contribution in [0.4, 0.5) is 8.78 Å². The normalized spacial score (nSPS) is 12.3. The fourth-order valence-electron chi connectivity index (χ4n) is 1.77. The molecule has 1 aromatic carbocycles. The van der Waals surface area contributed by atoms with Gasteiger partial charge in [-0.2, -0.15) is 0 Å². The quantitative estimate of drug-likeness (QED) is 0.877. The van der Waals surface area contributed by atoms with Gasteiger partial charge in [-0.15, -0.1) is 0 Å². The molecule has 0 radical (unpaired) electrons. The minimum Gasteiger partial charge on any atom is -0.346 e. The molecular formula is C16H14F2N2O. The van der Waals surface area contributed by atoms with E-state index in [2.05, 4.69) is 10.3 Å². The highest BCUT2D eigenvalue weighted by atomic mass is 19.2. The van der Waals surface area contributed by atoms with Crippen LogP contribution >= 0.6 is 0 Å². The van der Waals surface area contributed by atoms with Crippen molar-refractivity contribution in [3.05, 3.63) is 71.6 Å². The van der Waals surface area contributed by atoms with Gasteiger partial charge >= 0.3 is 0 Å². The van der Waals surface area contributed by atoms with Gasteiger partial charge in [0.15, 0.2) is 11.6 Å². The fraction of sp³-hybridized carbons (Fsp3) is 0.125. The molecule has 2 aromatic rings. The molecule has 1 unspecified atom stereocenters. The molecule has 21 heavy (non-hydrogen) atoms. The van der Waals surface area contributed by atoms with E-state index in [9.17, 15) is 13.6 Å². The van der Waals surface area contributed by atoms with Gasteiger partial charge in [-0.1, -0.05) is 12.1 Å². The number of aromatic nitrogens is 1. The number of carbonyl (C=O) groups is 1. The highest BCUT2D eigenvalue weighted by Gasteiger charge is 2.10. The predicted octanol–water partition coefficient (Wildman–Crippen LogP) is 3.25. The molecule has 0 aliphatic carbocycles. The maximum atomic E-state index is 13.1. The highest BCUT2D eigenvalue weighted by molar-refractivity contribution is 5.91. The van der Waals surface area contributed by atoms with Crippen molar-refractivity contribution in [2.24, 2.45) is 0 Å². The summed E-state index contributed by atoms with van der Waals surface area (Å²) in [5, 5.41) is 2.68. The lowest BCUT2D eigenvalue weighted by Gasteiger charge is -2.13. The second-order valence-corrected chi connectivity index (χ2v) is 4.52. The highest BCUT2D eigenvalue weighted by Crippen LogP contribution is 2.15. The molecule has 108 valence electrons. The van der Waals surface area contributed by atoms with Crippen LogP contribution in [0.2, 0.25) is 0 Å². The fourth-order valence-corrected chi connectivity index (χ4v) is 1.77. The number of halogens is 2. The van der Waals surface area contributed by atoms with Crippen LogP contribution in [-0.2, 0) is 4.79 Å². The number of hydrogen-bond acceptors (Lipinski definition) is 2. The molecule has 2 rings (SSSR count). The summed E-state index contributed by atoms with van der Waals surface area (Å²) >= 11 is 0. The first-order chi connectivity index (χ1) is 10.1. The van der Waals surface area contributed by atoms with Gasteiger partial charge in [0.1, 0.15) is 0 Å². The third kappa shape index (κ3) is 4.21. The van der Waals surface area contributed by atoms with Crippen LogP contribution in [0.25, 0.3) is 6.08 Å². The Labute approximate surface area is 121 Å². The minimum atomic E-state index is -0.931. The Morgan fingerprint density at radius 2 is 2.10 bits per heavy atom. The largest absolute Gasteiger partial charge is 0.346 e. The van der Waals surface area contributed by atoms with E-state index in [-0.39, 0.29) is 5.91 Å². The minimum absolute atomic E-state index is 0.323. The molecule has 1 N–H and O–H groups in total. The molecule has 1 amide bonds. The standard InChI is InChI=1S/C16H14F2N2O/c1-11(13-5-6-14(17)15(18)9-13)20-16(21)7-4-12-3-2-8-19-10-12/h2-11H,1H3,(H,20,21)/b7-4+. The van der Waals surface area contributed by atoms with Crippen LogP contribution in [0.15, 0.2) is 48.8 Å². The Balaban J connectivity index is 1.99. The summed E-state index contributed by atoms with van der Waals surface area (Å²) in [6, 6.07) is 6.71. The van der Waals surface area contributed by atoms with Crippen molar-refractivity contribution in [3.63, 3.8) is 0 Å². The van der Waals surface area contributed by atoms with Crippen LogP contribution in [0.3, 0.4) is 0 Å². The van der Waals surface area contributed by atoms with E-state index in [1.54, 1.807) is 31.5 Å². The van der Waals surface area contributed by atoms with Gasteiger partial charge in [0.25, 0.3) is 0 Å². The van der Waals surface area contributed by atoms with E-state index in [1.165, 1.54) is 12.1 Å². The van der Waals surface area contributed by atoms with Gasteiger partial charge < -0.3 is 5.32 Å². The Morgan fingerprint density at radius 3 is 2.76 bits per heavy atom. The number of nitrogens with zero attached hydrogens (tertiary/aromatic N) is 1. The van der Waals surface area contributed by atoms with Gasteiger partial charge in [-0.25, -0.2) is 8.78 Å². The molecule has 0 fully saturated rings. The van der Waals surface area contributed by atoms with Crippen LogP contribution in [0.5, 0.6) is 0 Å². The summed E-state index contributed by atoms with van der Waals surface area (Å²) in [7, 11) is 0. The second kappa shape index (κ2) is 6.74. The predicted molar refractivity (Wildman–Crippen MR) is 76.2 cm³/mol. The lowest BCUT2D eigenvalue weighted by atomic mass is 10.1. The number of rotatable bonds is 4. The number of hydrogen-bond donors (Lipinski definition) is 1. The Morgan fingerprint density at radius 1 is 1.29 bits per heavy atom. The molecule has 0 aliphatic heterocycles. The molecule has 0 bridgehead atoms. The lowest BCUT2D eigenvalue weighted by Crippen LogP contribution is -2.24. The molecule has 1 heterocycles. The molecule has 0 saturated carbocycles. The maximum absolute atomic E-state index is 13.1. The van der Waals surface area contributed by atoms with Gasteiger partial charge in [0, 0.05) is 18.5 Å². The Kier molecular flexibility index (Phi) is 4.77. The molecule has 1 atom stereocenters. The summed E-state index contributed by atoms with van der Waals surface area (Å²) in [5.74, 6) is -2.16. The first-order valence-corrected chi connectivity index (χ1v) is 6.40. The number of amides is 1. The SMILES string of the molecule is CC(NC(=O)/C=C/c1cccnc1)c1ccc(F)c(F)c1. The number of pyridine rings is 1. The van der Waals surface area contributed by atoms with Crippen molar-refractivity contribution in [2.45, 2.75) is 13.0 Å². The number of nitrogens with one attached hydrogen (secondary N) is 1. The zero-order chi connectivity index (χ0) is 15.2. The van der Waals surface area contributed by atoms with E-state index in [1.807, 2.05) is 6.07 Å². The lowest BCUT2D eigenvalue weighted by molar-refractivity contribution is -0.117. The van der Waals surface area contributed by atoms with E-state index >= 15 is 0 Å². The second-order valence-electron chi connectivity index (χ2n) is 4.52. The molecular weight excluding hydrogens is 274 g/mol. The Bertz CT molecular complexity index is 657. The van der Waals surface area contributed by atoms with E-state index in [4.69, 9.17) is 0 Å². The van der Waals surface area contributed by atoms with Crippen LogP contribution < -0.4 is 5.32 Å². The van der Waals surface area contributed by atoms with Crippen molar-refractivity contribution in [1.29, 1.82) is 0 Å². The smallest absolute Gasteiger partial charge is 0.244 e. The number of carbonyl (C=O) groups excluding carboxylic acids is 1. The molecule has 0 spiro atoms. The van der Waals surface area contributed by atoms with Crippen molar-refractivity contribution in [3.8, 4) is 0 Å². The van der Waals surface area contributed by atoms with E-state index in [0.717, 1.165) is 17.7 Å². The Hall–Kier alpha value is -2.56. The third-order valence-corrected chi connectivity index (χ3v) is 2.91. The average Bonchev–Trinajstić information content (AvgIpc) is 2.49. The summed E-state index contributed by atoms with van der Waals surface area (Å²) in [4.78, 5) is 15.7. The van der Waals surface area contributed by atoms with Crippen molar-refractivity contribution in [2.75, 3.05) is 0 Å². The van der Waals surface area contributed by atoms with Crippen molar-refractivity contribution >= 4 is 12.0 Å². The zero-order valence-electron chi connectivity index (χ0n) is 11.4. The van der Waals surface area contributed by atoms with Gasteiger partial charge in [-0.3, -0.25) is 9.78 Å². The first kappa shape index (κ1) is 14.8. The van der Waals surface area contributed by atoms with Gasteiger partial charge in [0.2, 0.25) is 5.91 Å². The molecule has 0 saturated heterocycles. The van der Waals surface area contributed by atoms with Crippen molar-refractivity contribution < 1.29 is 13.6 Å². The van der Waals surface area contributed by atoms with E-state index < -0.39 is 17.7 Å². The van der Waals surface area contributed by atoms with Crippen LogP contribution in [0, 0.1) is 11.6 Å². The maximum Gasteiger partial charge on any atom is 0.244 e. The summed E-state index contributed by atoms with van der Waals surface area (Å²) in [6.07, 6.45) is 6.26. The molecule has 0 aliphatic rings. The van der Waals surface area contributed by atoms with Crippen molar-refractivity contribution in [1.82, 2.24) is 10.3 Å². The monoisotopic (exact) mass is 288 g/mol.